The van der Waals surface area contributed by atoms with Gasteiger partial charge >= 0.3 is 0 Å². The highest BCUT2D eigenvalue weighted by Gasteiger charge is 2.22. The Labute approximate surface area is 93.1 Å². The van der Waals surface area contributed by atoms with Crippen LogP contribution >= 0.6 is 0 Å². The van der Waals surface area contributed by atoms with Gasteiger partial charge < -0.3 is 5.11 Å². The van der Waals surface area contributed by atoms with Crippen LogP contribution in [0.3, 0.4) is 0 Å². The van der Waals surface area contributed by atoms with Crippen LogP contribution in [0.2, 0.25) is 0 Å². The van der Waals surface area contributed by atoms with Crippen LogP contribution in [0.1, 0.15) is 51.8 Å². The Morgan fingerprint density at radius 2 is 1.60 bits per heavy atom. The first kappa shape index (κ1) is 12.3. The summed E-state index contributed by atoms with van der Waals surface area (Å²) in [6, 6.07) is 8.18. The van der Waals surface area contributed by atoms with Gasteiger partial charge in [-0.2, -0.15) is 0 Å². The van der Waals surface area contributed by atoms with Crippen LogP contribution < -0.4 is 0 Å². The van der Waals surface area contributed by atoms with Gasteiger partial charge in [0, 0.05) is 0 Å². The number of aliphatic hydroxyl groups excluding tert-OH is 1. The van der Waals surface area contributed by atoms with E-state index in [0.717, 1.165) is 5.56 Å². The number of aliphatic hydroxyl groups is 1. The monoisotopic (exact) mass is 206 g/mol. The van der Waals surface area contributed by atoms with Crippen LogP contribution in [0.15, 0.2) is 24.3 Å². The summed E-state index contributed by atoms with van der Waals surface area (Å²) in [6.45, 7) is 10.6. The molecule has 1 heteroatoms. The minimum absolute atomic E-state index is 0.0897. The summed E-state index contributed by atoms with van der Waals surface area (Å²) in [7, 11) is 0. The topological polar surface area (TPSA) is 20.2 Å². The van der Waals surface area contributed by atoms with Gasteiger partial charge in [0.05, 0.1) is 6.10 Å². The van der Waals surface area contributed by atoms with Gasteiger partial charge in [-0.15, -0.1) is 0 Å². The Bertz CT molecular complexity index is 320. The quantitative estimate of drug-likeness (QED) is 0.782. The second-order valence-electron chi connectivity index (χ2n) is 5.53. The lowest BCUT2D eigenvalue weighted by Gasteiger charge is -2.26. The van der Waals surface area contributed by atoms with Crippen molar-refractivity contribution in [3.05, 3.63) is 35.4 Å². The molecule has 0 fully saturated rings. The molecule has 1 N–H and O–H groups in total. The van der Waals surface area contributed by atoms with Gasteiger partial charge in [-0.1, -0.05) is 58.9 Å². The minimum Gasteiger partial charge on any atom is -0.388 e. The first-order chi connectivity index (χ1) is 6.84. The van der Waals surface area contributed by atoms with Crippen LogP contribution in [-0.4, -0.2) is 5.11 Å². The maximum Gasteiger partial charge on any atom is 0.0815 e. The molecular weight excluding hydrogens is 184 g/mol. The molecular formula is C14H22O. The Morgan fingerprint density at radius 1 is 1.07 bits per heavy atom. The third-order valence-corrected chi connectivity index (χ3v) is 2.72. The highest BCUT2D eigenvalue weighted by atomic mass is 16.3. The minimum atomic E-state index is -0.361. The first-order valence-electron chi connectivity index (χ1n) is 5.61. The van der Waals surface area contributed by atoms with Crippen molar-refractivity contribution in [2.75, 3.05) is 0 Å². The molecule has 0 aliphatic carbocycles. The SMILES string of the molecule is CC(C)C(O)c1ccccc1C(C)(C)C. The molecule has 0 bridgehead atoms. The molecule has 1 unspecified atom stereocenters. The molecule has 1 nitrogen and oxygen atoms in total. The van der Waals surface area contributed by atoms with Crippen LogP contribution in [0.5, 0.6) is 0 Å². The molecule has 1 aromatic carbocycles. The predicted octanol–water partition coefficient (Wildman–Crippen LogP) is 3.67. The molecule has 0 aliphatic rings. The summed E-state index contributed by atoms with van der Waals surface area (Å²) in [5.41, 5.74) is 2.40. The Balaban J connectivity index is 3.18. The highest BCUT2D eigenvalue weighted by molar-refractivity contribution is 5.34. The Hall–Kier alpha value is -0.820. The van der Waals surface area contributed by atoms with E-state index in [1.54, 1.807) is 0 Å². The molecule has 0 spiro atoms. The lowest BCUT2D eigenvalue weighted by molar-refractivity contribution is 0.125. The summed E-state index contributed by atoms with van der Waals surface area (Å²) < 4.78 is 0. The van der Waals surface area contributed by atoms with E-state index in [9.17, 15) is 5.11 Å². The second kappa shape index (κ2) is 4.36. The van der Waals surface area contributed by atoms with E-state index in [1.807, 2.05) is 32.0 Å². The van der Waals surface area contributed by atoms with Crippen molar-refractivity contribution in [3.8, 4) is 0 Å². The maximum atomic E-state index is 10.1. The van der Waals surface area contributed by atoms with Gasteiger partial charge in [-0.25, -0.2) is 0 Å². The van der Waals surface area contributed by atoms with E-state index >= 15 is 0 Å². The number of rotatable bonds is 2. The van der Waals surface area contributed by atoms with Crippen LogP contribution in [0.4, 0.5) is 0 Å². The largest absolute Gasteiger partial charge is 0.388 e. The van der Waals surface area contributed by atoms with Crippen molar-refractivity contribution in [2.24, 2.45) is 5.92 Å². The molecule has 0 heterocycles. The normalized spacial score (nSPS) is 14.3. The van der Waals surface area contributed by atoms with E-state index in [0.29, 0.717) is 0 Å². The predicted molar refractivity (Wildman–Crippen MR) is 64.9 cm³/mol. The smallest absolute Gasteiger partial charge is 0.0815 e. The molecule has 1 rings (SSSR count). The van der Waals surface area contributed by atoms with Gasteiger partial charge in [0.25, 0.3) is 0 Å². The zero-order chi connectivity index (χ0) is 11.6. The van der Waals surface area contributed by atoms with Crippen molar-refractivity contribution in [1.29, 1.82) is 0 Å². The maximum absolute atomic E-state index is 10.1. The van der Waals surface area contributed by atoms with E-state index < -0.39 is 0 Å². The molecule has 1 atom stereocenters. The fourth-order valence-electron chi connectivity index (χ4n) is 1.80. The molecule has 0 saturated carbocycles. The number of benzene rings is 1. The van der Waals surface area contributed by atoms with E-state index in [2.05, 4.69) is 26.8 Å². The number of hydrogen-bond acceptors (Lipinski definition) is 1. The Kier molecular flexibility index (Phi) is 3.56. The van der Waals surface area contributed by atoms with Gasteiger partial charge in [0.1, 0.15) is 0 Å². The molecule has 1 aromatic rings. The van der Waals surface area contributed by atoms with Crippen LogP contribution in [0.25, 0.3) is 0 Å². The summed E-state index contributed by atoms with van der Waals surface area (Å²) in [5.74, 6) is 0.258. The van der Waals surface area contributed by atoms with Crippen LogP contribution in [-0.2, 0) is 5.41 Å². The highest BCUT2D eigenvalue weighted by Crippen LogP contribution is 2.32. The van der Waals surface area contributed by atoms with Gasteiger partial charge in [-0.05, 0) is 22.5 Å². The Morgan fingerprint density at radius 3 is 2.07 bits per heavy atom. The average molecular weight is 206 g/mol. The summed E-state index contributed by atoms with van der Waals surface area (Å²) in [4.78, 5) is 0. The lowest BCUT2D eigenvalue weighted by Crippen LogP contribution is -2.17. The van der Waals surface area contributed by atoms with Crippen molar-refractivity contribution in [1.82, 2.24) is 0 Å². The molecule has 0 amide bonds. The number of hydrogen-bond donors (Lipinski definition) is 1. The second-order valence-corrected chi connectivity index (χ2v) is 5.53. The molecule has 0 radical (unpaired) electrons. The van der Waals surface area contributed by atoms with Crippen LogP contribution in [0, 0.1) is 5.92 Å². The zero-order valence-corrected chi connectivity index (χ0v) is 10.4. The molecule has 0 aliphatic heterocycles. The fraction of sp³-hybridized carbons (Fsp3) is 0.571. The zero-order valence-electron chi connectivity index (χ0n) is 10.4. The lowest BCUT2D eigenvalue weighted by atomic mass is 9.81. The van der Waals surface area contributed by atoms with Crippen molar-refractivity contribution >= 4 is 0 Å². The average Bonchev–Trinajstić information content (AvgIpc) is 2.15. The fourth-order valence-corrected chi connectivity index (χ4v) is 1.80. The van der Waals surface area contributed by atoms with E-state index in [4.69, 9.17) is 0 Å². The van der Waals surface area contributed by atoms with E-state index in [-0.39, 0.29) is 17.4 Å². The van der Waals surface area contributed by atoms with E-state index in [1.165, 1.54) is 5.56 Å². The third kappa shape index (κ3) is 2.82. The van der Waals surface area contributed by atoms with Gasteiger partial charge in [0.2, 0.25) is 0 Å². The van der Waals surface area contributed by atoms with Gasteiger partial charge in [0.15, 0.2) is 0 Å². The van der Waals surface area contributed by atoms with Gasteiger partial charge in [-0.3, -0.25) is 0 Å². The summed E-state index contributed by atoms with van der Waals surface area (Å²) in [5, 5.41) is 10.1. The molecule has 0 saturated heterocycles. The molecule has 0 aromatic heterocycles. The standard InChI is InChI=1S/C14H22O/c1-10(2)13(15)11-8-6-7-9-12(11)14(3,4)5/h6-10,13,15H,1-5H3. The van der Waals surface area contributed by atoms with Crippen molar-refractivity contribution < 1.29 is 5.11 Å². The van der Waals surface area contributed by atoms with Crippen molar-refractivity contribution in [3.63, 3.8) is 0 Å². The summed E-state index contributed by atoms with van der Waals surface area (Å²) in [6.07, 6.45) is -0.361. The summed E-state index contributed by atoms with van der Waals surface area (Å²) >= 11 is 0. The first-order valence-corrected chi connectivity index (χ1v) is 5.61. The molecule has 15 heavy (non-hydrogen) atoms. The third-order valence-electron chi connectivity index (χ3n) is 2.72. The molecule has 84 valence electrons. The van der Waals surface area contributed by atoms with Crippen molar-refractivity contribution in [2.45, 2.75) is 46.1 Å².